The Morgan fingerprint density at radius 3 is 2.29 bits per heavy atom. The van der Waals surface area contributed by atoms with Gasteiger partial charge in [-0.3, -0.25) is 4.79 Å². The lowest BCUT2D eigenvalue weighted by Gasteiger charge is -2.40. The van der Waals surface area contributed by atoms with Crippen LogP contribution >= 0.6 is 0 Å². The van der Waals surface area contributed by atoms with Crippen LogP contribution in [-0.4, -0.2) is 18.0 Å². The molecule has 1 fully saturated rings. The van der Waals surface area contributed by atoms with Crippen LogP contribution in [-0.2, 0) is 4.79 Å². The van der Waals surface area contributed by atoms with Crippen molar-refractivity contribution in [2.75, 3.05) is 6.54 Å². The Balaban J connectivity index is 2.60. The molecular weight excluding hydrogens is 212 g/mol. The average molecular weight is 240 g/mol. The minimum Gasteiger partial charge on any atom is -0.349 e. The van der Waals surface area contributed by atoms with Crippen LogP contribution in [0.4, 0.5) is 0 Å². The molecule has 1 aliphatic carbocycles. The number of nitrogens with two attached hydrogens (primary N) is 1. The van der Waals surface area contributed by atoms with E-state index < -0.39 is 0 Å². The molecule has 3 heteroatoms. The molecule has 3 N–H and O–H groups in total. The van der Waals surface area contributed by atoms with Gasteiger partial charge in [-0.05, 0) is 37.5 Å². The Kier molecular flexibility index (Phi) is 4.99. The summed E-state index contributed by atoms with van der Waals surface area (Å²) in [5, 5.41) is 3.22. The molecule has 0 aromatic carbocycles. The number of carbonyl (C=O) groups is 1. The molecule has 1 aliphatic rings. The van der Waals surface area contributed by atoms with Crippen molar-refractivity contribution < 1.29 is 4.79 Å². The molecule has 1 saturated carbocycles. The van der Waals surface area contributed by atoms with Gasteiger partial charge in [-0.15, -0.1) is 0 Å². The molecular formula is C14H28N2O. The molecule has 3 nitrogen and oxygen atoms in total. The van der Waals surface area contributed by atoms with E-state index in [1.54, 1.807) is 0 Å². The van der Waals surface area contributed by atoms with Gasteiger partial charge in [0.1, 0.15) is 0 Å². The van der Waals surface area contributed by atoms with Crippen LogP contribution < -0.4 is 11.1 Å². The van der Waals surface area contributed by atoms with Crippen LogP contribution in [0, 0.1) is 17.8 Å². The summed E-state index contributed by atoms with van der Waals surface area (Å²) >= 11 is 0. The Morgan fingerprint density at radius 1 is 1.35 bits per heavy atom. The zero-order chi connectivity index (χ0) is 13.1. The van der Waals surface area contributed by atoms with Crippen molar-refractivity contribution in [2.24, 2.45) is 23.5 Å². The third-order valence-electron chi connectivity index (χ3n) is 4.42. The fraction of sp³-hybridized carbons (Fsp3) is 0.929. The van der Waals surface area contributed by atoms with E-state index in [1.165, 1.54) is 12.8 Å². The van der Waals surface area contributed by atoms with Crippen LogP contribution in [0.3, 0.4) is 0 Å². The van der Waals surface area contributed by atoms with Crippen molar-refractivity contribution >= 4 is 5.91 Å². The predicted molar refractivity (Wildman–Crippen MR) is 71.6 cm³/mol. The number of nitrogens with one attached hydrogen (secondary N) is 1. The van der Waals surface area contributed by atoms with Crippen LogP contribution in [0.25, 0.3) is 0 Å². The molecule has 1 unspecified atom stereocenters. The lowest BCUT2D eigenvalue weighted by atomic mass is 9.76. The summed E-state index contributed by atoms with van der Waals surface area (Å²) in [4.78, 5) is 12.1. The number of rotatable bonds is 4. The third-order valence-corrected chi connectivity index (χ3v) is 4.42. The van der Waals surface area contributed by atoms with E-state index in [1.807, 2.05) is 6.92 Å². The van der Waals surface area contributed by atoms with E-state index >= 15 is 0 Å². The zero-order valence-electron chi connectivity index (χ0n) is 11.8. The van der Waals surface area contributed by atoms with E-state index in [2.05, 4.69) is 26.1 Å². The second-order valence-corrected chi connectivity index (χ2v) is 6.19. The first kappa shape index (κ1) is 14.5. The summed E-state index contributed by atoms with van der Waals surface area (Å²) in [6.07, 6.45) is 4.41. The van der Waals surface area contributed by atoms with Crippen molar-refractivity contribution in [3.8, 4) is 0 Å². The average Bonchev–Trinajstić information content (AvgIpc) is 2.31. The highest BCUT2D eigenvalue weighted by Crippen LogP contribution is 2.31. The van der Waals surface area contributed by atoms with Crippen molar-refractivity contribution in [1.82, 2.24) is 5.32 Å². The van der Waals surface area contributed by atoms with Gasteiger partial charge in [-0.2, -0.15) is 0 Å². The molecule has 0 aromatic rings. The van der Waals surface area contributed by atoms with E-state index in [9.17, 15) is 4.79 Å². The lowest BCUT2D eigenvalue weighted by Crippen LogP contribution is -2.56. The Hall–Kier alpha value is -0.570. The molecule has 17 heavy (non-hydrogen) atoms. The highest BCUT2D eigenvalue weighted by atomic mass is 16.2. The van der Waals surface area contributed by atoms with Crippen molar-refractivity contribution in [3.63, 3.8) is 0 Å². The van der Waals surface area contributed by atoms with Crippen molar-refractivity contribution in [3.05, 3.63) is 0 Å². The topological polar surface area (TPSA) is 55.1 Å². The largest absolute Gasteiger partial charge is 0.349 e. The summed E-state index contributed by atoms with van der Waals surface area (Å²) in [7, 11) is 0. The fourth-order valence-electron chi connectivity index (χ4n) is 2.37. The number of carbonyl (C=O) groups excluding carboxylic acids is 1. The van der Waals surface area contributed by atoms with Crippen molar-refractivity contribution in [1.29, 1.82) is 0 Å². The first-order chi connectivity index (χ1) is 7.90. The standard InChI is InChI=1S/C14H28N2O/c1-10(2)12(4)13(17)16-14(9-15)7-5-11(3)6-8-14/h10-12H,5-9,15H2,1-4H3,(H,16,17). The predicted octanol–water partition coefficient (Wildman–Crippen LogP) is 2.30. The Bertz CT molecular complexity index is 255. The van der Waals surface area contributed by atoms with Gasteiger partial charge in [0.2, 0.25) is 5.91 Å². The van der Waals surface area contributed by atoms with Crippen molar-refractivity contribution in [2.45, 2.75) is 58.9 Å². The molecule has 0 aliphatic heterocycles. The molecule has 0 bridgehead atoms. The maximum absolute atomic E-state index is 12.1. The van der Waals surface area contributed by atoms with Gasteiger partial charge in [0.25, 0.3) is 0 Å². The highest BCUT2D eigenvalue weighted by Gasteiger charge is 2.35. The van der Waals surface area contributed by atoms with Gasteiger partial charge in [-0.1, -0.05) is 27.7 Å². The van der Waals surface area contributed by atoms with Crippen LogP contribution in [0.2, 0.25) is 0 Å². The molecule has 0 aromatic heterocycles. The molecule has 1 rings (SSSR count). The maximum atomic E-state index is 12.1. The van der Waals surface area contributed by atoms with E-state index in [-0.39, 0.29) is 17.4 Å². The van der Waals surface area contributed by atoms with Crippen LogP contribution in [0.5, 0.6) is 0 Å². The number of hydrogen-bond acceptors (Lipinski definition) is 2. The minimum atomic E-state index is -0.132. The quantitative estimate of drug-likeness (QED) is 0.792. The molecule has 100 valence electrons. The normalized spacial score (nSPS) is 31.3. The summed E-state index contributed by atoms with van der Waals surface area (Å²) < 4.78 is 0. The van der Waals surface area contributed by atoms with Gasteiger partial charge >= 0.3 is 0 Å². The first-order valence-corrected chi connectivity index (χ1v) is 6.92. The maximum Gasteiger partial charge on any atom is 0.223 e. The highest BCUT2D eigenvalue weighted by molar-refractivity contribution is 5.79. The molecule has 1 atom stereocenters. The van der Waals surface area contributed by atoms with E-state index in [0.29, 0.717) is 12.5 Å². The number of amides is 1. The van der Waals surface area contributed by atoms with E-state index in [4.69, 9.17) is 5.73 Å². The van der Waals surface area contributed by atoms with Gasteiger partial charge in [0, 0.05) is 12.5 Å². The molecule has 1 amide bonds. The summed E-state index contributed by atoms with van der Waals surface area (Å²) in [5.74, 6) is 1.39. The Morgan fingerprint density at radius 2 is 1.88 bits per heavy atom. The van der Waals surface area contributed by atoms with Crippen LogP contribution in [0.1, 0.15) is 53.4 Å². The summed E-state index contributed by atoms with van der Waals surface area (Å²) in [6, 6.07) is 0. The van der Waals surface area contributed by atoms with E-state index in [0.717, 1.165) is 18.8 Å². The van der Waals surface area contributed by atoms with Gasteiger partial charge in [-0.25, -0.2) is 0 Å². The molecule has 0 heterocycles. The van der Waals surface area contributed by atoms with Gasteiger partial charge in [0.15, 0.2) is 0 Å². The Labute approximate surface area is 106 Å². The fourth-order valence-corrected chi connectivity index (χ4v) is 2.37. The second kappa shape index (κ2) is 5.85. The first-order valence-electron chi connectivity index (χ1n) is 6.92. The smallest absolute Gasteiger partial charge is 0.223 e. The lowest BCUT2D eigenvalue weighted by molar-refractivity contribution is -0.128. The summed E-state index contributed by atoms with van der Waals surface area (Å²) in [5.41, 5.74) is 5.76. The molecule has 0 saturated heterocycles. The summed E-state index contributed by atoms with van der Waals surface area (Å²) in [6.45, 7) is 9.01. The van der Waals surface area contributed by atoms with Crippen LogP contribution in [0.15, 0.2) is 0 Å². The van der Waals surface area contributed by atoms with Gasteiger partial charge < -0.3 is 11.1 Å². The zero-order valence-corrected chi connectivity index (χ0v) is 11.8. The van der Waals surface area contributed by atoms with Gasteiger partial charge in [0.05, 0.1) is 5.54 Å². The minimum absolute atomic E-state index is 0.0674. The monoisotopic (exact) mass is 240 g/mol. The SMILES string of the molecule is CC1CCC(CN)(NC(=O)C(C)C(C)C)CC1. The third kappa shape index (κ3) is 3.70. The number of hydrogen-bond donors (Lipinski definition) is 2. The second-order valence-electron chi connectivity index (χ2n) is 6.19. The molecule has 0 spiro atoms. The molecule has 0 radical (unpaired) electrons.